The van der Waals surface area contributed by atoms with E-state index in [0.717, 1.165) is 6.07 Å². The Morgan fingerprint density at radius 2 is 2.27 bits per heavy atom. The largest absolute Gasteiger partial charge is 0.472 e. The third-order valence-corrected chi connectivity index (χ3v) is 2.43. The fourth-order valence-corrected chi connectivity index (χ4v) is 1.70. The van der Waals surface area contributed by atoms with Gasteiger partial charge in [0.15, 0.2) is 11.6 Å². The summed E-state index contributed by atoms with van der Waals surface area (Å²) in [4.78, 5) is 11.1. The molecule has 1 atom stereocenters. The zero-order chi connectivity index (χ0) is 11.0. The molecule has 5 heteroatoms. The third-order valence-electron chi connectivity index (χ3n) is 2.43. The maximum Gasteiger partial charge on any atom is 0.249 e. The summed E-state index contributed by atoms with van der Waals surface area (Å²) in [7, 11) is 0. The Balaban J connectivity index is 2.55. The predicted octanol–water partition coefficient (Wildman–Crippen LogP) is 0.534. The fourth-order valence-electron chi connectivity index (χ4n) is 1.70. The number of fused-ring (bicyclic) bond motifs is 1. The molecule has 0 bridgehead atoms. The molecule has 1 aliphatic rings. The zero-order valence-electron chi connectivity index (χ0n) is 8.00. The first-order valence-electron chi connectivity index (χ1n) is 4.63. The first-order chi connectivity index (χ1) is 7.09. The van der Waals surface area contributed by atoms with Crippen molar-refractivity contribution in [3.05, 3.63) is 29.1 Å². The number of halogens is 1. The van der Waals surface area contributed by atoms with Crippen LogP contribution in [0.1, 0.15) is 22.3 Å². The van der Waals surface area contributed by atoms with Crippen molar-refractivity contribution in [3.8, 4) is 5.75 Å². The Kier molecular flexibility index (Phi) is 2.32. The maximum absolute atomic E-state index is 13.4. The minimum atomic E-state index is -0.578. The quantitative estimate of drug-likeness (QED) is 0.709. The second kappa shape index (κ2) is 3.51. The van der Waals surface area contributed by atoms with E-state index in [9.17, 15) is 9.18 Å². The second-order valence-corrected chi connectivity index (χ2v) is 3.46. The van der Waals surface area contributed by atoms with E-state index in [1.165, 1.54) is 6.07 Å². The molecule has 0 aliphatic carbocycles. The Morgan fingerprint density at radius 3 is 2.93 bits per heavy atom. The van der Waals surface area contributed by atoms with E-state index in [-0.39, 0.29) is 5.75 Å². The molecule has 0 saturated heterocycles. The standard InChI is InChI=1S/C10H11FN2O2/c11-7-3-1-6(10(13)14)5-2-4-8(12)15-9(5)7/h1,3,8H,2,4,12H2,(H2,13,14). The Labute approximate surface area is 86.0 Å². The minimum absolute atomic E-state index is 0.0602. The number of carbonyl (C=O) groups is 1. The predicted molar refractivity (Wildman–Crippen MR) is 51.8 cm³/mol. The van der Waals surface area contributed by atoms with Crippen LogP contribution in [-0.4, -0.2) is 12.1 Å². The number of hydrogen-bond donors (Lipinski definition) is 2. The topological polar surface area (TPSA) is 78.3 Å². The summed E-state index contributed by atoms with van der Waals surface area (Å²) in [6.07, 6.45) is 0.540. The molecule has 1 unspecified atom stereocenters. The molecule has 0 aromatic heterocycles. The summed E-state index contributed by atoms with van der Waals surface area (Å²) >= 11 is 0. The maximum atomic E-state index is 13.4. The van der Waals surface area contributed by atoms with Gasteiger partial charge < -0.3 is 10.5 Å². The van der Waals surface area contributed by atoms with E-state index in [1.807, 2.05) is 0 Å². The van der Waals surface area contributed by atoms with Crippen LogP contribution in [0, 0.1) is 5.82 Å². The van der Waals surface area contributed by atoms with Crippen LogP contribution in [-0.2, 0) is 6.42 Å². The van der Waals surface area contributed by atoms with Crippen molar-refractivity contribution < 1.29 is 13.9 Å². The molecule has 2 rings (SSSR count). The van der Waals surface area contributed by atoms with Crippen molar-refractivity contribution in [2.75, 3.05) is 0 Å². The molecule has 0 radical (unpaired) electrons. The van der Waals surface area contributed by atoms with Gasteiger partial charge in [-0.15, -0.1) is 0 Å². The SMILES string of the molecule is NC(=O)c1ccc(F)c2c1CCC(N)O2. The average molecular weight is 210 g/mol. The lowest BCUT2D eigenvalue weighted by molar-refractivity contribution is 0.0995. The normalized spacial score (nSPS) is 19.2. The van der Waals surface area contributed by atoms with Gasteiger partial charge in [-0.1, -0.05) is 0 Å². The number of nitrogens with two attached hydrogens (primary N) is 2. The summed E-state index contributed by atoms with van der Waals surface area (Å²) in [5, 5.41) is 0. The molecule has 1 aliphatic heterocycles. The Morgan fingerprint density at radius 1 is 1.53 bits per heavy atom. The van der Waals surface area contributed by atoms with Crippen molar-refractivity contribution >= 4 is 5.91 Å². The van der Waals surface area contributed by atoms with Gasteiger partial charge in [-0.25, -0.2) is 4.39 Å². The number of amides is 1. The molecule has 4 nitrogen and oxygen atoms in total. The van der Waals surface area contributed by atoms with E-state index >= 15 is 0 Å². The third kappa shape index (κ3) is 1.66. The van der Waals surface area contributed by atoms with Crippen molar-refractivity contribution in [1.82, 2.24) is 0 Å². The minimum Gasteiger partial charge on any atom is -0.472 e. The van der Waals surface area contributed by atoms with Gasteiger partial charge in [-0.2, -0.15) is 0 Å². The van der Waals surface area contributed by atoms with Gasteiger partial charge in [0.1, 0.15) is 6.23 Å². The van der Waals surface area contributed by atoms with Crippen LogP contribution in [0.4, 0.5) is 4.39 Å². The second-order valence-electron chi connectivity index (χ2n) is 3.46. The molecule has 0 saturated carbocycles. The number of rotatable bonds is 1. The number of carbonyl (C=O) groups excluding carboxylic acids is 1. The lowest BCUT2D eigenvalue weighted by Gasteiger charge is -2.24. The molecule has 1 heterocycles. The van der Waals surface area contributed by atoms with E-state index < -0.39 is 18.0 Å². The summed E-state index contributed by atoms with van der Waals surface area (Å²) in [6.45, 7) is 0. The number of benzene rings is 1. The Hall–Kier alpha value is -1.62. The molecule has 0 spiro atoms. The average Bonchev–Trinajstić information content (AvgIpc) is 2.19. The highest BCUT2D eigenvalue weighted by Gasteiger charge is 2.24. The van der Waals surface area contributed by atoms with E-state index in [1.54, 1.807) is 0 Å². The van der Waals surface area contributed by atoms with E-state index in [0.29, 0.717) is 24.0 Å². The summed E-state index contributed by atoms with van der Waals surface area (Å²) in [6, 6.07) is 2.54. The van der Waals surface area contributed by atoms with Crippen LogP contribution >= 0.6 is 0 Å². The van der Waals surface area contributed by atoms with E-state index in [4.69, 9.17) is 16.2 Å². The highest BCUT2D eigenvalue weighted by atomic mass is 19.1. The van der Waals surface area contributed by atoms with E-state index in [2.05, 4.69) is 0 Å². The van der Waals surface area contributed by atoms with Gasteiger partial charge in [0, 0.05) is 17.5 Å². The monoisotopic (exact) mass is 210 g/mol. The molecular weight excluding hydrogens is 199 g/mol. The highest BCUT2D eigenvalue weighted by molar-refractivity contribution is 5.95. The van der Waals surface area contributed by atoms with Gasteiger partial charge in [0.2, 0.25) is 5.91 Å². The summed E-state index contributed by atoms with van der Waals surface area (Å²) in [5.41, 5.74) is 11.5. The van der Waals surface area contributed by atoms with Crippen molar-refractivity contribution in [1.29, 1.82) is 0 Å². The lowest BCUT2D eigenvalue weighted by atomic mass is 9.98. The molecule has 1 amide bonds. The fraction of sp³-hybridized carbons (Fsp3) is 0.300. The van der Waals surface area contributed by atoms with Crippen molar-refractivity contribution in [2.45, 2.75) is 19.1 Å². The van der Waals surface area contributed by atoms with Crippen LogP contribution in [0.25, 0.3) is 0 Å². The van der Waals surface area contributed by atoms with Crippen molar-refractivity contribution in [2.24, 2.45) is 11.5 Å². The van der Waals surface area contributed by atoms with Gasteiger partial charge in [0.05, 0.1) is 0 Å². The number of hydrogen-bond acceptors (Lipinski definition) is 3. The van der Waals surface area contributed by atoms with Gasteiger partial charge in [0.25, 0.3) is 0 Å². The van der Waals surface area contributed by atoms with Crippen LogP contribution in [0.5, 0.6) is 5.75 Å². The van der Waals surface area contributed by atoms with Gasteiger partial charge in [-0.05, 0) is 18.6 Å². The number of primary amides is 1. The van der Waals surface area contributed by atoms with Gasteiger partial charge in [-0.3, -0.25) is 10.5 Å². The molecule has 80 valence electrons. The zero-order valence-corrected chi connectivity index (χ0v) is 8.00. The lowest BCUT2D eigenvalue weighted by Crippen LogP contribution is -2.32. The molecule has 0 fully saturated rings. The summed E-state index contributed by atoms with van der Waals surface area (Å²) in [5.74, 6) is -1.03. The van der Waals surface area contributed by atoms with Crippen LogP contribution < -0.4 is 16.2 Å². The smallest absolute Gasteiger partial charge is 0.249 e. The highest BCUT2D eigenvalue weighted by Crippen LogP contribution is 2.31. The van der Waals surface area contributed by atoms with Crippen molar-refractivity contribution in [3.63, 3.8) is 0 Å². The first kappa shape index (κ1) is 9.92. The Bertz CT molecular complexity index is 420. The molecule has 15 heavy (non-hydrogen) atoms. The number of ether oxygens (including phenoxy) is 1. The van der Waals surface area contributed by atoms with Crippen LogP contribution in [0.2, 0.25) is 0 Å². The molecule has 1 aromatic carbocycles. The van der Waals surface area contributed by atoms with Crippen LogP contribution in [0.15, 0.2) is 12.1 Å². The van der Waals surface area contributed by atoms with Crippen LogP contribution in [0.3, 0.4) is 0 Å². The molecule has 1 aromatic rings. The molecular formula is C10H11FN2O2. The summed E-state index contributed by atoms with van der Waals surface area (Å²) < 4.78 is 18.5. The molecule has 4 N–H and O–H groups in total. The van der Waals surface area contributed by atoms with Gasteiger partial charge >= 0.3 is 0 Å². The first-order valence-corrected chi connectivity index (χ1v) is 4.63.